The Labute approximate surface area is 172 Å². The third-order valence-corrected chi connectivity index (χ3v) is 7.20. The van der Waals surface area contributed by atoms with Gasteiger partial charge in [-0.25, -0.2) is 0 Å². The van der Waals surface area contributed by atoms with Crippen molar-refractivity contribution in [3.63, 3.8) is 0 Å². The van der Waals surface area contributed by atoms with Crippen molar-refractivity contribution in [2.75, 3.05) is 20.2 Å². The van der Waals surface area contributed by atoms with Gasteiger partial charge >= 0.3 is 0 Å². The summed E-state index contributed by atoms with van der Waals surface area (Å²) in [5.41, 5.74) is 0.404. The Balaban J connectivity index is 0.00000182. The largest absolute Gasteiger partial charge is 0.377 e. The molecule has 0 bridgehead atoms. The zero-order valence-electron chi connectivity index (χ0n) is 15.2. The van der Waals surface area contributed by atoms with Gasteiger partial charge in [0.2, 0.25) is 0 Å². The van der Waals surface area contributed by atoms with Gasteiger partial charge in [0.05, 0.1) is 6.10 Å². The van der Waals surface area contributed by atoms with Crippen molar-refractivity contribution >= 4 is 41.3 Å². The molecule has 1 spiro atoms. The first kappa shape index (κ1) is 19.4. The molecule has 1 saturated heterocycles. The van der Waals surface area contributed by atoms with E-state index in [2.05, 4.69) is 40.1 Å². The van der Waals surface area contributed by atoms with E-state index in [1.54, 1.807) is 0 Å². The lowest BCUT2D eigenvalue weighted by Gasteiger charge is -2.63. The molecule has 2 saturated carbocycles. The summed E-state index contributed by atoms with van der Waals surface area (Å²) in [5, 5.41) is 9.45. The minimum Gasteiger partial charge on any atom is -0.377 e. The zero-order valence-corrected chi connectivity index (χ0v) is 18.3. The number of nitrogens with one attached hydrogen (secondary N) is 2. The van der Waals surface area contributed by atoms with E-state index in [4.69, 9.17) is 4.74 Å². The molecule has 0 aromatic carbocycles. The van der Waals surface area contributed by atoms with Gasteiger partial charge in [0.1, 0.15) is 0 Å². The molecule has 0 radical (unpaired) electrons. The maximum absolute atomic E-state index is 6.01. The molecular weight excluding hydrogens is 445 g/mol. The number of rotatable bonds is 5. The molecule has 6 heteroatoms. The SMILES string of the molecule is CN=C(NCC(C)Cc1cccs1)NC1C2CCOC2C12CCC2.I. The fourth-order valence-electron chi connectivity index (χ4n) is 4.91. The van der Waals surface area contributed by atoms with Crippen molar-refractivity contribution in [1.82, 2.24) is 10.6 Å². The highest BCUT2D eigenvalue weighted by Gasteiger charge is 2.66. The van der Waals surface area contributed by atoms with Crippen LogP contribution in [0.2, 0.25) is 0 Å². The van der Waals surface area contributed by atoms with E-state index < -0.39 is 0 Å². The van der Waals surface area contributed by atoms with Crippen molar-refractivity contribution in [3.8, 4) is 0 Å². The Bertz CT molecular complexity index is 587. The fourth-order valence-corrected chi connectivity index (χ4v) is 5.78. The van der Waals surface area contributed by atoms with Crippen LogP contribution in [-0.4, -0.2) is 38.3 Å². The van der Waals surface area contributed by atoms with Gasteiger partial charge in [0, 0.05) is 42.5 Å². The second-order valence-electron chi connectivity index (χ2n) is 7.79. The highest BCUT2D eigenvalue weighted by Crippen LogP contribution is 2.62. The Hall–Kier alpha value is -0.340. The second-order valence-corrected chi connectivity index (χ2v) is 8.83. The number of hydrogen-bond donors (Lipinski definition) is 2. The molecule has 3 aliphatic rings. The first-order valence-corrected chi connectivity index (χ1v) is 10.2. The first-order chi connectivity index (χ1) is 11.7. The topological polar surface area (TPSA) is 45.7 Å². The molecule has 1 aromatic rings. The van der Waals surface area contributed by atoms with E-state index in [9.17, 15) is 0 Å². The number of fused-ring (bicyclic) bond motifs is 2. The summed E-state index contributed by atoms with van der Waals surface area (Å²) in [5.74, 6) is 2.26. The average molecular weight is 475 g/mol. The molecule has 2 aliphatic carbocycles. The maximum Gasteiger partial charge on any atom is 0.191 e. The molecule has 2 heterocycles. The van der Waals surface area contributed by atoms with Crippen molar-refractivity contribution in [2.45, 2.75) is 51.2 Å². The van der Waals surface area contributed by atoms with Gasteiger partial charge in [-0.1, -0.05) is 19.4 Å². The number of ether oxygens (including phenoxy) is 1. The van der Waals surface area contributed by atoms with Crippen LogP contribution in [0.3, 0.4) is 0 Å². The van der Waals surface area contributed by atoms with Crippen molar-refractivity contribution in [3.05, 3.63) is 22.4 Å². The molecule has 3 fully saturated rings. The Kier molecular flexibility index (Phi) is 6.31. The number of halogens is 1. The molecule has 1 aliphatic heterocycles. The summed E-state index contributed by atoms with van der Waals surface area (Å²) in [7, 11) is 1.88. The van der Waals surface area contributed by atoms with Crippen LogP contribution in [-0.2, 0) is 11.2 Å². The average Bonchev–Trinajstić information content (AvgIpc) is 3.17. The molecule has 0 amide bonds. The normalized spacial score (nSPS) is 30.6. The standard InChI is InChI=1S/C19H29N3OS.HI/c1-13(11-14-5-3-10-24-14)12-21-18(20-2)22-16-15-6-9-23-17(15)19(16)7-4-8-19;/h3,5,10,13,15-17H,4,6-9,11-12H2,1-2H3,(H2,20,21,22);1H. The zero-order chi connectivity index (χ0) is 16.6. The molecular formula is C19H30IN3OS. The maximum atomic E-state index is 6.01. The van der Waals surface area contributed by atoms with E-state index >= 15 is 0 Å². The van der Waals surface area contributed by atoms with Crippen LogP contribution in [0.4, 0.5) is 0 Å². The number of hydrogen-bond acceptors (Lipinski definition) is 3. The molecule has 2 N–H and O–H groups in total. The predicted molar refractivity (Wildman–Crippen MR) is 115 cm³/mol. The monoisotopic (exact) mass is 475 g/mol. The smallest absolute Gasteiger partial charge is 0.191 e. The van der Waals surface area contributed by atoms with E-state index in [0.717, 1.165) is 25.5 Å². The Morgan fingerprint density at radius 1 is 1.48 bits per heavy atom. The van der Waals surface area contributed by atoms with E-state index in [1.807, 2.05) is 18.4 Å². The summed E-state index contributed by atoms with van der Waals surface area (Å²) in [6.07, 6.45) is 6.84. The summed E-state index contributed by atoms with van der Waals surface area (Å²) >= 11 is 1.85. The number of guanidine groups is 1. The van der Waals surface area contributed by atoms with Crippen LogP contribution in [0.1, 0.15) is 37.5 Å². The quantitative estimate of drug-likeness (QED) is 0.388. The van der Waals surface area contributed by atoms with Gasteiger partial charge in [-0.05, 0) is 43.0 Å². The molecule has 140 valence electrons. The molecule has 1 aromatic heterocycles. The lowest BCUT2D eigenvalue weighted by atomic mass is 9.46. The number of thiophene rings is 1. The van der Waals surface area contributed by atoms with Gasteiger partial charge in [-0.2, -0.15) is 0 Å². The summed E-state index contributed by atoms with van der Waals surface area (Å²) in [4.78, 5) is 5.94. The van der Waals surface area contributed by atoms with E-state index in [0.29, 0.717) is 29.4 Å². The Morgan fingerprint density at radius 2 is 2.32 bits per heavy atom. The van der Waals surface area contributed by atoms with E-state index in [-0.39, 0.29) is 24.0 Å². The lowest BCUT2D eigenvalue weighted by molar-refractivity contribution is -0.171. The predicted octanol–water partition coefficient (Wildman–Crippen LogP) is 3.67. The Morgan fingerprint density at radius 3 is 2.96 bits per heavy atom. The molecule has 4 unspecified atom stereocenters. The third kappa shape index (κ3) is 3.58. The van der Waals surface area contributed by atoms with E-state index in [1.165, 1.54) is 30.6 Å². The third-order valence-electron chi connectivity index (χ3n) is 6.30. The molecule has 4 rings (SSSR count). The van der Waals surface area contributed by atoms with Crippen LogP contribution in [0.25, 0.3) is 0 Å². The second kappa shape index (κ2) is 8.13. The molecule has 4 nitrogen and oxygen atoms in total. The van der Waals surface area contributed by atoms with Crippen molar-refractivity contribution < 1.29 is 4.74 Å². The molecule has 4 atom stereocenters. The lowest BCUT2D eigenvalue weighted by Crippen LogP contribution is -2.72. The van der Waals surface area contributed by atoms with Gasteiger partial charge in [0.15, 0.2) is 5.96 Å². The van der Waals surface area contributed by atoms with Gasteiger partial charge in [-0.15, -0.1) is 35.3 Å². The minimum absolute atomic E-state index is 0. The van der Waals surface area contributed by atoms with Crippen LogP contribution in [0, 0.1) is 17.3 Å². The minimum atomic E-state index is 0. The van der Waals surface area contributed by atoms with Gasteiger partial charge in [-0.3, -0.25) is 4.99 Å². The summed E-state index contributed by atoms with van der Waals surface area (Å²) in [6.45, 7) is 4.21. The van der Waals surface area contributed by atoms with Gasteiger partial charge in [0.25, 0.3) is 0 Å². The summed E-state index contributed by atoms with van der Waals surface area (Å²) < 4.78 is 6.01. The number of nitrogens with zero attached hydrogens (tertiary/aromatic N) is 1. The van der Waals surface area contributed by atoms with Crippen molar-refractivity contribution in [1.29, 1.82) is 0 Å². The van der Waals surface area contributed by atoms with Crippen LogP contribution >= 0.6 is 35.3 Å². The van der Waals surface area contributed by atoms with Crippen LogP contribution in [0.5, 0.6) is 0 Å². The summed E-state index contributed by atoms with van der Waals surface area (Å²) in [6, 6.07) is 4.91. The van der Waals surface area contributed by atoms with Gasteiger partial charge < -0.3 is 15.4 Å². The highest BCUT2D eigenvalue weighted by atomic mass is 127. The van der Waals surface area contributed by atoms with Crippen molar-refractivity contribution in [2.24, 2.45) is 22.2 Å². The first-order valence-electron chi connectivity index (χ1n) is 9.34. The fraction of sp³-hybridized carbons (Fsp3) is 0.737. The number of aliphatic imine (C=N–C) groups is 1. The highest BCUT2D eigenvalue weighted by molar-refractivity contribution is 14.0. The van der Waals surface area contributed by atoms with Crippen LogP contribution < -0.4 is 10.6 Å². The molecule has 25 heavy (non-hydrogen) atoms. The van der Waals surface area contributed by atoms with Crippen LogP contribution in [0.15, 0.2) is 22.5 Å².